The highest BCUT2D eigenvalue weighted by Gasteiger charge is 2.43. The molecule has 0 N–H and O–H groups in total. The Morgan fingerprint density at radius 1 is 1.07 bits per heavy atom. The van der Waals surface area contributed by atoms with Crippen LogP contribution in [-0.4, -0.2) is 58.0 Å². The van der Waals surface area contributed by atoms with Gasteiger partial charge in [0.2, 0.25) is 0 Å². The van der Waals surface area contributed by atoms with Gasteiger partial charge in [-0.15, -0.1) is 0 Å². The van der Waals surface area contributed by atoms with Gasteiger partial charge in [0.1, 0.15) is 6.33 Å². The van der Waals surface area contributed by atoms with Crippen LogP contribution in [0.1, 0.15) is 11.3 Å². The van der Waals surface area contributed by atoms with E-state index >= 15 is 0 Å². The average molecular weight is 400 g/mol. The van der Waals surface area contributed by atoms with Crippen LogP contribution in [0.25, 0.3) is 11.3 Å². The quantitative estimate of drug-likeness (QED) is 0.744. The van der Waals surface area contributed by atoms with Gasteiger partial charge in [-0.05, 0) is 19.1 Å². The Labute approximate surface area is 157 Å². The smallest absolute Gasteiger partial charge is 0.332 e. The Balaban J connectivity index is 1.69. The predicted octanol–water partition coefficient (Wildman–Crippen LogP) is 2.94. The Kier molecular flexibility index (Phi) is 5.59. The van der Waals surface area contributed by atoms with Crippen LogP contribution in [0.15, 0.2) is 24.5 Å². The lowest BCUT2D eigenvalue weighted by atomic mass is 10.1. The van der Waals surface area contributed by atoms with Gasteiger partial charge in [-0.1, -0.05) is 6.07 Å². The number of carbonyl (C=O) groups excluding carboxylic acids is 1. The molecule has 1 aliphatic rings. The number of aryl methyl sites for hydroxylation is 1. The Hall–Kier alpha value is -2.62. The van der Waals surface area contributed by atoms with Crippen molar-refractivity contribution in [2.45, 2.75) is 19.6 Å². The number of alkyl halides is 3. The van der Waals surface area contributed by atoms with Crippen molar-refractivity contribution in [2.75, 3.05) is 26.2 Å². The minimum absolute atomic E-state index is 0.00680. The highest BCUT2D eigenvalue weighted by Crippen LogP contribution is 2.26. The second-order valence-electron chi connectivity index (χ2n) is 6.51. The summed E-state index contributed by atoms with van der Waals surface area (Å²) in [5.74, 6) is -3.95. The largest absolute Gasteiger partial charge is 0.471 e. The maximum atomic E-state index is 14.5. The molecule has 150 valence electrons. The molecule has 0 saturated carbocycles. The molecule has 5 nitrogen and oxygen atoms in total. The monoisotopic (exact) mass is 400 g/mol. The first-order valence-electron chi connectivity index (χ1n) is 8.51. The molecular weight excluding hydrogens is 383 g/mol. The summed E-state index contributed by atoms with van der Waals surface area (Å²) in [5, 5.41) is 0. The van der Waals surface area contributed by atoms with Crippen LogP contribution in [0.4, 0.5) is 22.0 Å². The van der Waals surface area contributed by atoms with Crippen molar-refractivity contribution in [3.8, 4) is 11.3 Å². The van der Waals surface area contributed by atoms with Crippen LogP contribution in [0.3, 0.4) is 0 Å². The Morgan fingerprint density at radius 2 is 1.75 bits per heavy atom. The molecule has 0 unspecified atom stereocenters. The molecule has 1 amide bonds. The fourth-order valence-electron chi connectivity index (χ4n) is 3.04. The minimum Gasteiger partial charge on any atom is -0.332 e. The second kappa shape index (κ2) is 7.78. The molecule has 1 fully saturated rings. The molecule has 3 rings (SSSR count). The third-order valence-electron chi connectivity index (χ3n) is 4.54. The maximum absolute atomic E-state index is 14.5. The number of piperazine rings is 1. The van der Waals surface area contributed by atoms with Gasteiger partial charge in [-0.25, -0.2) is 18.7 Å². The number of aromatic nitrogens is 2. The van der Waals surface area contributed by atoms with E-state index in [0.29, 0.717) is 10.6 Å². The van der Waals surface area contributed by atoms with Crippen LogP contribution in [0, 0.1) is 18.6 Å². The molecule has 1 aromatic heterocycles. The zero-order valence-corrected chi connectivity index (χ0v) is 14.9. The molecule has 0 atom stereocenters. The number of benzene rings is 1. The summed E-state index contributed by atoms with van der Waals surface area (Å²) in [7, 11) is 0. The molecule has 2 heterocycles. The van der Waals surface area contributed by atoms with Gasteiger partial charge in [0.25, 0.3) is 0 Å². The van der Waals surface area contributed by atoms with Gasteiger partial charge >= 0.3 is 12.1 Å². The van der Waals surface area contributed by atoms with Crippen LogP contribution < -0.4 is 0 Å². The zero-order valence-electron chi connectivity index (χ0n) is 14.9. The summed E-state index contributed by atoms with van der Waals surface area (Å²) in [6.45, 7) is 1.75. The summed E-state index contributed by atoms with van der Waals surface area (Å²) in [6.07, 6.45) is -3.65. The predicted molar refractivity (Wildman–Crippen MR) is 90.0 cm³/mol. The number of carbonyl (C=O) groups is 1. The van der Waals surface area contributed by atoms with E-state index in [1.807, 2.05) is 0 Å². The van der Waals surface area contributed by atoms with E-state index in [9.17, 15) is 26.7 Å². The van der Waals surface area contributed by atoms with Gasteiger partial charge < -0.3 is 4.90 Å². The average Bonchev–Trinajstić information content (AvgIpc) is 2.65. The second-order valence-corrected chi connectivity index (χ2v) is 6.51. The van der Waals surface area contributed by atoms with Crippen molar-refractivity contribution in [1.29, 1.82) is 0 Å². The van der Waals surface area contributed by atoms with Gasteiger partial charge in [0.15, 0.2) is 11.6 Å². The van der Waals surface area contributed by atoms with Crippen molar-refractivity contribution in [3.05, 3.63) is 47.4 Å². The molecule has 0 spiro atoms. The SMILES string of the molecule is Cc1cc(-c2ccc(CN3CCN(C(=O)C(F)(F)F)CC3)c(F)c2F)ncn1. The molecule has 0 bridgehead atoms. The van der Waals surface area contributed by atoms with Crippen molar-refractivity contribution < 1.29 is 26.7 Å². The number of hydrogen-bond acceptors (Lipinski definition) is 4. The minimum atomic E-state index is -4.91. The van der Waals surface area contributed by atoms with Crippen LogP contribution in [0.2, 0.25) is 0 Å². The third kappa shape index (κ3) is 4.27. The standard InChI is InChI=1S/C18H17F5N4O/c1-11-8-14(25-10-24-11)13-3-2-12(15(19)16(13)20)9-26-4-6-27(7-5-26)17(28)18(21,22)23/h2-3,8,10H,4-7,9H2,1H3. The number of halogens is 5. The van der Waals surface area contributed by atoms with Crippen molar-refractivity contribution in [2.24, 2.45) is 0 Å². The summed E-state index contributed by atoms with van der Waals surface area (Å²) in [6, 6.07) is 4.38. The van der Waals surface area contributed by atoms with Crippen LogP contribution in [-0.2, 0) is 11.3 Å². The van der Waals surface area contributed by atoms with Gasteiger partial charge in [0, 0.05) is 49.5 Å². The highest BCUT2D eigenvalue weighted by atomic mass is 19.4. The number of hydrogen-bond donors (Lipinski definition) is 0. The highest BCUT2D eigenvalue weighted by molar-refractivity contribution is 5.81. The van der Waals surface area contributed by atoms with E-state index in [0.717, 1.165) is 0 Å². The lowest BCUT2D eigenvalue weighted by Gasteiger charge is -2.35. The number of amides is 1. The van der Waals surface area contributed by atoms with E-state index in [-0.39, 0.29) is 49.5 Å². The van der Waals surface area contributed by atoms with Crippen LogP contribution in [0.5, 0.6) is 0 Å². The molecule has 0 radical (unpaired) electrons. The first kappa shape index (κ1) is 20.1. The van der Waals surface area contributed by atoms with Crippen molar-refractivity contribution in [1.82, 2.24) is 19.8 Å². The van der Waals surface area contributed by atoms with Crippen molar-refractivity contribution >= 4 is 5.91 Å². The van der Waals surface area contributed by atoms with E-state index in [4.69, 9.17) is 0 Å². The molecule has 2 aromatic rings. The fourth-order valence-corrected chi connectivity index (χ4v) is 3.04. The molecule has 1 aromatic carbocycles. The van der Waals surface area contributed by atoms with E-state index in [1.165, 1.54) is 24.5 Å². The fraction of sp³-hybridized carbons (Fsp3) is 0.389. The first-order chi connectivity index (χ1) is 13.2. The Bertz CT molecular complexity index is 879. The normalized spacial score (nSPS) is 15.7. The summed E-state index contributed by atoms with van der Waals surface area (Å²) < 4.78 is 66.4. The molecule has 1 aliphatic heterocycles. The molecular formula is C18H17F5N4O. The van der Waals surface area contributed by atoms with E-state index in [2.05, 4.69) is 9.97 Å². The van der Waals surface area contributed by atoms with Gasteiger partial charge in [-0.2, -0.15) is 13.2 Å². The lowest BCUT2D eigenvalue weighted by molar-refractivity contribution is -0.187. The lowest BCUT2D eigenvalue weighted by Crippen LogP contribution is -2.52. The first-order valence-corrected chi connectivity index (χ1v) is 8.51. The van der Waals surface area contributed by atoms with Gasteiger partial charge in [-0.3, -0.25) is 9.69 Å². The van der Waals surface area contributed by atoms with Crippen LogP contribution >= 0.6 is 0 Å². The molecule has 28 heavy (non-hydrogen) atoms. The van der Waals surface area contributed by atoms with E-state index in [1.54, 1.807) is 11.8 Å². The summed E-state index contributed by atoms with van der Waals surface area (Å²) in [5.41, 5.74) is 0.963. The summed E-state index contributed by atoms with van der Waals surface area (Å²) in [4.78, 5) is 21.5. The topological polar surface area (TPSA) is 49.3 Å². The molecule has 10 heteroatoms. The third-order valence-corrected chi connectivity index (χ3v) is 4.54. The van der Waals surface area contributed by atoms with Gasteiger partial charge in [0.05, 0.1) is 5.69 Å². The molecule has 1 saturated heterocycles. The number of nitrogens with zero attached hydrogens (tertiary/aromatic N) is 4. The maximum Gasteiger partial charge on any atom is 0.471 e. The van der Waals surface area contributed by atoms with Crippen molar-refractivity contribution in [3.63, 3.8) is 0 Å². The Morgan fingerprint density at radius 3 is 2.36 bits per heavy atom. The van der Waals surface area contributed by atoms with E-state index < -0.39 is 23.7 Å². The summed E-state index contributed by atoms with van der Waals surface area (Å²) >= 11 is 0. The molecule has 0 aliphatic carbocycles. The zero-order chi connectivity index (χ0) is 20.5. The number of rotatable bonds is 3.